The molecule has 1 aliphatic carbocycles. The molecule has 0 spiro atoms. The van der Waals surface area contributed by atoms with Gasteiger partial charge in [-0.2, -0.15) is 0 Å². The van der Waals surface area contributed by atoms with Gasteiger partial charge in [-0.25, -0.2) is 0 Å². The normalized spacial score (nSPS) is 24.9. The van der Waals surface area contributed by atoms with Crippen LogP contribution in [0.3, 0.4) is 0 Å². The van der Waals surface area contributed by atoms with Gasteiger partial charge in [0.2, 0.25) is 0 Å². The van der Waals surface area contributed by atoms with Crippen LogP contribution in [0.25, 0.3) is 0 Å². The molecular weight excluding hydrogens is 290 g/mol. The molecule has 0 amide bonds. The average Bonchev–Trinajstić information content (AvgIpc) is 2.81. The molecule has 1 heterocycles. The van der Waals surface area contributed by atoms with Crippen molar-refractivity contribution in [3.63, 3.8) is 0 Å². The molecule has 0 bridgehead atoms. The number of fused-ring (bicyclic) bond motifs is 1. The highest BCUT2D eigenvalue weighted by Gasteiger charge is 2.26. The van der Waals surface area contributed by atoms with Gasteiger partial charge in [-0.1, -0.05) is 18.0 Å². The second-order valence-corrected chi connectivity index (χ2v) is 6.22. The number of halogens is 1. The Morgan fingerprint density at radius 2 is 2.05 bits per heavy atom. The Morgan fingerprint density at radius 1 is 1.19 bits per heavy atom. The summed E-state index contributed by atoms with van der Waals surface area (Å²) in [4.78, 5) is 0. The maximum absolute atomic E-state index is 9.37. The number of ether oxygens (including phenoxy) is 2. The highest BCUT2D eigenvalue weighted by molar-refractivity contribution is 6.32. The predicted octanol–water partition coefficient (Wildman–Crippen LogP) is 2.75. The molecule has 2 aliphatic rings. The summed E-state index contributed by atoms with van der Waals surface area (Å²) in [6.45, 7) is 2.30. The summed E-state index contributed by atoms with van der Waals surface area (Å²) in [6, 6.07) is 4.33. The summed E-state index contributed by atoms with van der Waals surface area (Å²) >= 11 is 6.30. The van der Waals surface area contributed by atoms with Crippen LogP contribution in [0, 0.1) is 5.92 Å². The van der Waals surface area contributed by atoms with Crippen LogP contribution in [0.1, 0.15) is 31.2 Å². The minimum Gasteiger partial charge on any atom is -0.489 e. The lowest BCUT2D eigenvalue weighted by Crippen LogP contribution is -2.33. The molecule has 1 aromatic carbocycles. The summed E-state index contributed by atoms with van der Waals surface area (Å²) in [7, 11) is 0. The molecule has 1 saturated carbocycles. The number of rotatable bonds is 4. The van der Waals surface area contributed by atoms with Crippen LogP contribution in [-0.4, -0.2) is 31.0 Å². The lowest BCUT2D eigenvalue weighted by molar-refractivity contribution is 0.205. The van der Waals surface area contributed by atoms with E-state index in [1.807, 2.05) is 12.1 Å². The molecule has 1 aromatic rings. The van der Waals surface area contributed by atoms with Gasteiger partial charge in [0.15, 0.2) is 11.5 Å². The third-order valence-electron chi connectivity index (χ3n) is 4.32. The summed E-state index contributed by atoms with van der Waals surface area (Å²) < 4.78 is 11.3. The van der Waals surface area contributed by atoms with Crippen LogP contribution in [-0.2, 0) is 6.54 Å². The van der Waals surface area contributed by atoms with E-state index >= 15 is 0 Å². The smallest absolute Gasteiger partial charge is 0.179 e. The van der Waals surface area contributed by atoms with Gasteiger partial charge in [0, 0.05) is 25.6 Å². The quantitative estimate of drug-likeness (QED) is 0.898. The first kappa shape index (κ1) is 14.9. The Bertz CT molecular complexity index is 495. The third kappa shape index (κ3) is 3.44. The molecule has 116 valence electrons. The first-order chi connectivity index (χ1) is 10.3. The number of hydrogen-bond acceptors (Lipinski definition) is 4. The van der Waals surface area contributed by atoms with E-state index in [0.29, 0.717) is 35.9 Å². The zero-order chi connectivity index (χ0) is 14.7. The zero-order valence-electron chi connectivity index (χ0n) is 12.1. The van der Waals surface area contributed by atoms with Gasteiger partial charge in [0.1, 0.15) is 0 Å². The molecular formula is C16H22ClNO3. The van der Waals surface area contributed by atoms with E-state index in [1.54, 1.807) is 0 Å². The molecule has 2 unspecified atom stereocenters. The Balaban J connectivity index is 1.68. The molecule has 0 aromatic heterocycles. The van der Waals surface area contributed by atoms with Crippen molar-refractivity contribution >= 4 is 11.6 Å². The molecule has 1 aliphatic heterocycles. The van der Waals surface area contributed by atoms with Crippen molar-refractivity contribution in [2.45, 2.75) is 38.3 Å². The van der Waals surface area contributed by atoms with E-state index < -0.39 is 0 Å². The van der Waals surface area contributed by atoms with Crippen molar-refractivity contribution in [2.75, 3.05) is 19.8 Å². The second-order valence-electron chi connectivity index (χ2n) is 5.82. The molecule has 3 rings (SSSR count). The topological polar surface area (TPSA) is 50.7 Å². The number of hydrogen-bond donors (Lipinski definition) is 2. The van der Waals surface area contributed by atoms with Crippen LogP contribution in [0.4, 0.5) is 0 Å². The molecule has 2 atom stereocenters. The maximum atomic E-state index is 9.37. The van der Waals surface area contributed by atoms with Gasteiger partial charge in [0.05, 0.1) is 18.2 Å². The third-order valence-corrected chi connectivity index (χ3v) is 4.60. The van der Waals surface area contributed by atoms with Crippen molar-refractivity contribution < 1.29 is 14.6 Å². The van der Waals surface area contributed by atoms with Gasteiger partial charge in [-0.05, 0) is 36.5 Å². The van der Waals surface area contributed by atoms with Crippen molar-refractivity contribution in [1.29, 1.82) is 0 Å². The van der Waals surface area contributed by atoms with Crippen LogP contribution in [0.15, 0.2) is 12.1 Å². The molecule has 4 nitrogen and oxygen atoms in total. The highest BCUT2D eigenvalue weighted by atomic mass is 35.5. The van der Waals surface area contributed by atoms with Crippen molar-refractivity contribution in [1.82, 2.24) is 5.32 Å². The summed E-state index contributed by atoms with van der Waals surface area (Å²) in [5, 5.41) is 13.5. The lowest BCUT2D eigenvalue weighted by atomic mass is 10.0. The fourth-order valence-corrected chi connectivity index (χ4v) is 3.45. The Labute approximate surface area is 130 Å². The van der Waals surface area contributed by atoms with Crippen LogP contribution in [0.5, 0.6) is 11.5 Å². The van der Waals surface area contributed by atoms with E-state index in [9.17, 15) is 5.11 Å². The van der Waals surface area contributed by atoms with Gasteiger partial charge in [0.25, 0.3) is 0 Å². The first-order valence-corrected chi connectivity index (χ1v) is 8.08. The SMILES string of the molecule is OCC1CCCC1NCc1cc(Cl)c2c(c1)OCCCO2. The Hall–Kier alpha value is -0.970. The number of aliphatic hydroxyl groups is 1. The van der Waals surface area contributed by atoms with E-state index in [1.165, 1.54) is 6.42 Å². The van der Waals surface area contributed by atoms with Crippen LogP contribution < -0.4 is 14.8 Å². The van der Waals surface area contributed by atoms with E-state index in [2.05, 4.69) is 5.32 Å². The van der Waals surface area contributed by atoms with Gasteiger partial charge in [-0.3, -0.25) is 0 Å². The molecule has 0 radical (unpaired) electrons. The highest BCUT2D eigenvalue weighted by Crippen LogP contribution is 2.38. The summed E-state index contributed by atoms with van der Waals surface area (Å²) in [6.07, 6.45) is 4.29. The number of aliphatic hydroxyl groups excluding tert-OH is 1. The van der Waals surface area contributed by atoms with E-state index in [-0.39, 0.29) is 6.61 Å². The van der Waals surface area contributed by atoms with Crippen molar-refractivity contribution in [3.8, 4) is 11.5 Å². The largest absolute Gasteiger partial charge is 0.489 e. The minimum atomic E-state index is 0.263. The lowest BCUT2D eigenvalue weighted by Gasteiger charge is -2.19. The average molecular weight is 312 g/mol. The molecule has 5 heteroatoms. The minimum absolute atomic E-state index is 0.263. The number of benzene rings is 1. The van der Waals surface area contributed by atoms with E-state index in [4.69, 9.17) is 21.1 Å². The van der Waals surface area contributed by atoms with Crippen LogP contribution >= 0.6 is 11.6 Å². The van der Waals surface area contributed by atoms with Crippen molar-refractivity contribution in [3.05, 3.63) is 22.7 Å². The van der Waals surface area contributed by atoms with Crippen molar-refractivity contribution in [2.24, 2.45) is 5.92 Å². The predicted molar refractivity (Wildman–Crippen MR) is 82.1 cm³/mol. The first-order valence-electron chi connectivity index (χ1n) is 7.70. The van der Waals surface area contributed by atoms with Gasteiger partial charge in [-0.15, -0.1) is 0 Å². The fraction of sp³-hybridized carbons (Fsp3) is 0.625. The van der Waals surface area contributed by atoms with E-state index in [0.717, 1.165) is 37.1 Å². The Kier molecular flexibility index (Phi) is 4.88. The summed E-state index contributed by atoms with van der Waals surface area (Å²) in [5.41, 5.74) is 1.09. The van der Waals surface area contributed by atoms with Gasteiger partial charge >= 0.3 is 0 Å². The summed E-state index contributed by atoms with van der Waals surface area (Å²) in [5.74, 6) is 1.77. The number of nitrogens with one attached hydrogen (secondary N) is 1. The monoisotopic (exact) mass is 311 g/mol. The molecule has 2 N–H and O–H groups in total. The molecule has 1 fully saturated rings. The second kappa shape index (κ2) is 6.86. The van der Waals surface area contributed by atoms with Crippen LogP contribution in [0.2, 0.25) is 5.02 Å². The Morgan fingerprint density at radius 3 is 2.90 bits per heavy atom. The molecule has 0 saturated heterocycles. The zero-order valence-corrected chi connectivity index (χ0v) is 12.9. The standard InChI is InChI=1S/C16H22ClNO3/c17-13-7-11(8-15-16(13)21-6-2-5-20-15)9-18-14-4-1-3-12(14)10-19/h7-8,12,14,18-19H,1-6,9-10H2. The maximum Gasteiger partial charge on any atom is 0.179 e. The van der Waals surface area contributed by atoms with Gasteiger partial charge < -0.3 is 19.9 Å². The molecule has 21 heavy (non-hydrogen) atoms. The fourth-order valence-electron chi connectivity index (χ4n) is 3.16.